The van der Waals surface area contributed by atoms with Crippen LogP contribution in [0.2, 0.25) is 0 Å². The zero-order chi connectivity index (χ0) is 22.7. The van der Waals surface area contributed by atoms with E-state index in [2.05, 4.69) is 15.9 Å². The highest BCUT2D eigenvalue weighted by Crippen LogP contribution is 2.36. The van der Waals surface area contributed by atoms with E-state index in [1.807, 2.05) is 48.5 Å². The molecule has 0 atom stereocenters. The first-order valence-corrected chi connectivity index (χ1v) is 11.4. The number of carbonyl (C=O) groups is 1. The van der Waals surface area contributed by atoms with Gasteiger partial charge in [-0.15, -0.1) is 0 Å². The largest absolute Gasteiger partial charge is 0.489 e. The molecule has 0 aromatic heterocycles. The maximum atomic E-state index is 12.9. The number of benzene rings is 3. The molecule has 0 radical (unpaired) electrons. The number of hydrogen-bond acceptors (Lipinski definition) is 6. The first-order valence-electron chi connectivity index (χ1n) is 9.40. The Morgan fingerprint density at radius 1 is 1.09 bits per heavy atom. The van der Waals surface area contributed by atoms with E-state index in [1.165, 1.54) is 28.8 Å². The number of anilines is 1. The molecule has 4 rings (SSSR count). The fraction of sp³-hybridized carbons (Fsp3) is 0.0435. The van der Waals surface area contributed by atoms with Crippen LogP contribution in [-0.2, 0) is 11.4 Å². The standard InChI is InChI=1S/C23H15BrN2O4S2/c24-17-6-10-18(11-7-17)25-22(27)21(32-23(25)31)13-16-2-1-3-20(12-16)30-14-15-4-8-19(9-5-15)26(28)29/h1-13H,14H2/b21-13+. The maximum absolute atomic E-state index is 12.9. The minimum absolute atomic E-state index is 0.0381. The van der Waals surface area contributed by atoms with Crippen molar-refractivity contribution in [2.24, 2.45) is 0 Å². The third-order valence-corrected chi connectivity index (χ3v) is 6.42. The van der Waals surface area contributed by atoms with E-state index in [0.29, 0.717) is 15.0 Å². The summed E-state index contributed by atoms with van der Waals surface area (Å²) >= 11 is 10.1. The quantitative estimate of drug-likeness (QED) is 0.161. The lowest BCUT2D eigenvalue weighted by Gasteiger charge is -2.14. The molecule has 0 bridgehead atoms. The fourth-order valence-corrected chi connectivity index (χ4v) is 4.57. The van der Waals surface area contributed by atoms with Gasteiger partial charge in [-0.1, -0.05) is 52.0 Å². The second-order valence-corrected chi connectivity index (χ2v) is 9.37. The molecule has 3 aromatic carbocycles. The lowest BCUT2D eigenvalue weighted by atomic mass is 10.2. The molecule has 0 spiro atoms. The summed E-state index contributed by atoms with van der Waals surface area (Å²) < 4.78 is 7.22. The highest BCUT2D eigenvalue weighted by molar-refractivity contribution is 9.10. The summed E-state index contributed by atoms with van der Waals surface area (Å²) in [7, 11) is 0. The summed E-state index contributed by atoms with van der Waals surface area (Å²) in [4.78, 5) is 25.3. The Labute approximate surface area is 202 Å². The average molecular weight is 527 g/mol. The molecule has 6 nitrogen and oxygen atoms in total. The van der Waals surface area contributed by atoms with E-state index in [-0.39, 0.29) is 18.2 Å². The van der Waals surface area contributed by atoms with Gasteiger partial charge in [0.15, 0.2) is 4.32 Å². The Bertz CT molecular complexity index is 1230. The van der Waals surface area contributed by atoms with Crippen molar-refractivity contribution in [2.75, 3.05) is 4.90 Å². The van der Waals surface area contributed by atoms with Gasteiger partial charge in [-0.05, 0) is 65.7 Å². The second-order valence-electron chi connectivity index (χ2n) is 6.78. The molecule has 1 fully saturated rings. The van der Waals surface area contributed by atoms with Gasteiger partial charge in [-0.2, -0.15) is 0 Å². The summed E-state index contributed by atoms with van der Waals surface area (Å²) in [6.07, 6.45) is 1.79. The van der Waals surface area contributed by atoms with Crippen LogP contribution >= 0.6 is 39.9 Å². The van der Waals surface area contributed by atoms with Crippen LogP contribution in [-0.4, -0.2) is 15.2 Å². The summed E-state index contributed by atoms with van der Waals surface area (Å²) in [6, 6.07) is 21.0. The van der Waals surface area contributed by atoms with Crippen LogP contribution in [0.15, 0.2) is 82.2 Å². The van der Waals surface area contributed by atoms with E-state index in [1.54, 1.807) is 18.2 Å². The number of nitrogens with zero attached hydrogens (tertiary/aromatic N) is 2. The van der Waals surface area contributed by atoms with Gasteiger partial charge >= 0.3 is 0 Å². The Morgan fingerprint density at radius 3 is 2.50 bits per heavy atom. The highest BCUT2D eigenvalue weighted by Gasteiger charge is 2.33. The molecule has 3 aromatic rings. The number of hydrogen-bond donors (Lipinski definition) is 0. The predicted molar refractivity (Wildman–Crippen MR) is 134 cm³/mol. The van der Waals surface area contributed by atoms with E-state index < -0.39 is 4.92 Å². The Balaban J connectivity index is 1.47. The Hall–Kier alpha value is -3.01. The van der Waals surface area contributed by atoms with Crippen molar-refractivity contribution in [1.82, 2.24) is 0 Å². The summed E-state index contributed by atoms with van der Waals surface area (Å²) in [5.41, 5.74) is 2.38. The van der Waals surface area contributed by atoms with Gasteiger partial charge in [0.2, 0.25) is 0 Å². The Kier molecular flexibility index (Phi) is 6.69. The number of nitro benzene ring substituents is 1. The van der Waals surface area contributed by atoms with Gasteiger partial charge in [-0.3, -0.25) is 19.8 Å². The molecule has 0 aliphatic carbocycles. The lowest BCUT2D eigenvalue weighted by molar-refractivity contribution is -0.384. The second kappa shape index (κ2) is 9.64. The number of ether oxygens (including phenoxy) is 1. The molecular weight excluding hydrogens is 512 g/mol. The summed E-state index contributed by atoms with van der Waals surface area (Å²) in [6.45, 7) is 0.271. The van der Waals surface area contributed by atoms with Crippen LogP contribution in [0.25, 0.3) is 6.08 Å². The van der Waals surface area contributed by atoms with Crippen LogP contribution in [0.5, 0.6) is 5.75 Å². The molecule has 1 aliphatic rings. The zero-order valence-corrected chi connectivity index (χ0v) is 19.7. The Morgan fingerprint density at radius 2 is 1.81 bits per heavy atom. The van der Waals surface area contributed by atoms with Gasteiger partial charge in [0.1, 0.15) is 12.4 Å². The molecule has 160 valence electrons. The van der Waals surface area contributed by atoms with Gasteiger partial charge in [-0.25, -0.2) is 0 Å². The van der Waals surface area contributed by atoms with Crippen LogP contribution in [0.3, 0.4) is 0 Å². The summed E-state index contributed by atoms with van der Waals surface area (Å²) in [5, 5.41) is 10.8. The maximum Gasteiger partial charge on any atom is 0.270 e. The first kappa shape index (κ1) is 22.2. The third kappa shape index (κ3) is 5.07. The molecule has 1 aliphatic heterocycles. The van der Waals surface area contributed by atoms with Crippen molar-refractivity contribution < 1.29 is 14.5 Å². The van der Waals surface area contributed by atoms with Gasteiger partial charge < -0.3 is 4.74 Å². The zero-order valence-electron chi connectivity index (χ0n) is 16.4. The van der Waals surface area contributed by atoms with Crippen molar-refractivity contribution in [1.29, 1.82) is 0 Å². The predicted octanol–water partition coefficient (Wildman–Crippen LogP) is 6.34. The first-order chi connectivity index (χ1) is 15.4. The topological polar surface area (TPSA) is 72.7 Å². The molecule has 0 unspecified atom stereocenters. The minimum atomic E-state index is -0.437. The number of non-ortho nitro benzene ring substituents is 1. The number of carbonyl (C=O) groups excluding carboxylic acids is 1. The van der Waals surface area contributed by atoms with E-state index in [4.69, 9.17) is 17.0 Å². The molecule has 0 saturated carbocycles. The number of nitro groups is 1. The van der Waals surface area contributed by atoms with E-state index >= 15 is 0 Å². The molecule has 32 heavy (non-hydrogen) atoms. The third-order valence-electron chi connectivity index (χ3n) is 4.59. The normalized spacial score (nSPS) is 14.8. The van der Waals surface area contributed by atoms with E-state index in [9.17, 15) is 14.9 Å². The summed E-state index contributed by atoms with van der Waals surface area (Å²) in [5.74, 6) is 0.458. The van der Waals surface area contributed by atoms with Crippen molar-refractivity contribution >= 4 is 67.6 Å². The monoisotopic (exact) mass is 526 g/mol. The molecule has 1 heterocycles. The smallest absolute Gasteiger partial charge is 0.270 e. The van der Waals surface area contributed by atoms with Crippen LogP contribution in [0, 0.1) is 10.1 Å². The number of rotatable bonds is 6. The van der Waals surface area contributed by atoms with Crippen LogP contribution in [0.1, 0.15) is 11.1 Å². The SMILES string of the molecule is O=C1/C(=C\c2cccc(OCc3ccc([N+](=O)[O-])cc3)c2)SC(=S)N1c1ccc(Br)cc1. The van der Waals surface area contributed by atoms with Gasteiger partial charge in [0.25, 0.3) is 11.6 Å². The number of halogens is 1. The van der Waals surface area contributed by atoms with Gasteiger partial charge in [0, 0.05) is 16.6 Å². The fourth-order valence-electron chi connectivity index (χ4n) is 3.01. The number of thioether (sulfide) groups is 1. The van der Waals surface area contributed by atoms with Gasteiger partial charge in [0.05, 0.1) is 15.5 Å². The van der Waals surface area contributed by atoms with E-state index in [0.717, 1.165) is 21.3 Å². The van der Waals surface area contributed by atoms with Crippen molar-refractivity contribution in [3.8, 4) is 5.75 Å². The average Bonchev–Trinajstić information content (AvgIpc) is 3.06. The minimum Gasteiger partial charge on any atom is -0.489 e. The van der Waals surface area contributed by atoms with Crippen LogP contribution in [0.4, 0.5) is 11.4 Å². The lowest BCUT2D eigenvalue weighted by Crippen LogP contribution is -2.27. The molecular formula is C23H15BrN2O4S2. The van der Waals surface area contributed by atoms with Crippen molar-refractivity contribution in [3.05, 3.63) is 103 Å². The molecule has 9 heteroatoms. The van der Waals surface area contributed by atoms with Crippen molar-refractivity contribution in [2.45, 2.75) is 6.61 Å². The van der Waals surface area contributed by atoms with Crippen molar-refractivity contribution in [3.63, 3.8) is 0 Å². The molecule has 1 saturated heterocycles. The van der Waals surface area contributed by atoms with Crippen LogP contribution < -0.4 is 9.64 Å². The molecule has 1 amide bonds. The number of thiocarbonyl (C=S) groups is 1. The number of amides is 1. The molecule has 0 N–H and O–H groups in total. The highest BCUT2D eigenvalue weighted by atomic mass is 79.9.